The van der Waals surface area contributed by atoms with Gasteiger partial charge in [0.15, 0.2) is 5.60 Å². The van der Waals surface area contributed by atoms with Crippen molar-refractivity contribution in [3.8, 4) is 0 Å². The first-order chi connectivity index (χ1) is 16.6. The van der Waals surface area contributed by atoms with Gasteiger partial charge in [-0.15, -0.1) is 0 Å². The van der Waals surface area contributed by atoms with E-state index >= 15 is 0 Å². The van der Waals surface area contributed by atoms with Crippen molar-refractivity contribution >= 4 is 5.97 Å². The Morgan fingerprint density at radius 1 is 1.22 bits per heavy atom. The molecule has 1 aliphatic carbocycles. The summed E-state index contributed by atoms with van der Waals surface area (Å²) in [5.74, 6) is -5.21. The Morgan fingerprint density at radius 3 is 2.61 bits per heavy atom. The molecular weight excluding hydrogens is 544 g/mol. The average Bonchev–Trinajstić information content (AvgIpc) is 3.38. The van der Waals surface area contributed by atoms with E-state index in [0.717, 1.165) is 18.2 Å². The molecule has 0 unspecified atom stereocenters. The van der Waals surface area contributed by atoms with E-state index in [9.17, 15) is 27.5 Å². The lowest BCUT2D eigenvalue weighted by Crippen LogP contribution is -3.00. The van der Waals surface area contributed by atoms with E-state index < -0.39 is 47.9 Å². The van der Waals surface area contributed by atoms with Crippen LogP contribution in [0.25, 0.3) is 0 Å². The van der Waals surface area contributed by atoms with Crippen LogP contribution in [0.15, 0.2) is 60.9 Å². The Labute approximate surface area is 217 Å². The Hall–Kier alpha value is -2.72. The fraction of sp³-hybridized carbons (Fsp3) is 0.385. The fourth-order valence-electron chi connectivity index (χ4n) is 4.66. The minimum Gasteiger partial charge on any atom is -1.00 e. The number of alkyl halides is 2. The highest BCUT2D eigenvalue weighted by Gasteiger charge is 2.54. The molecule has 194 valence electrons. The van der Waals surface area contributed by atoms with Gasteiger partial charge < -0.3 is 26.8 Å². The van der Waals surface area contributed by atoms with Gasteiger partial charge in [0.05, 0.1) is 0 Å². The van der Waals surface area contributed by atoms with Gasteiger partial charge in [0.25, 0.3) is 5.82 Å². The number of ether oxygens (including phenoxy) is 1. The smallest absolute Gasteiger partial charge is 0.343 e. The number of carbonyl (C=O) groups is 1. The van der Waals surface area contributed by atoms with Crippen LogP contribution in [0.3, 0.4) is 0 Å². The summed E-state index contributed by atoms with van der Waals surface area (Å²) in [6.07, 6.45) is 2.42. The molecule has 0 spiro atoms. The highest BCUT2D eigenvalue weighted by atomic mass is 79.9. The zero-order valence-corrected chi connectivity index (χ0v) is 21.2. The van der Waals surface area contributed by atoms with Gasteiger partial charge in [-0.05, 0) is 30.2 Å². The Balaban J connectivity index is 0.00000361. The monoisotopic (exact) mass is 570 g/mol. The number of aliphatic hydroxyl groups is 1. The number of halogens is 5. The maximum absolute atomic E-state index is 14.0. The number of aromatic nitrogens is 2. The van der Waals surface area contributed by atoms with Crippen molar-refractivity contribution < 1.29 is 53.7 Å². The topological polar surface area (TPSA) is 55.3 Å². The van der Waals surface area contributed by atoms with Gasteiger partial charge in [0.1, 0.15) is 43.7 Å². The molecule has 2 aromatic carbocycles. The molecule has 1 fully saturated rings. The second kappa shape index (κ2) is 11.1. The molecule has 0 bridgehead atoms. The van der Waals surface area contributed by atoms with Crippen LogP contribution in [0.4, 0.5) is 17.6 Å². The Kier molecular flexibility index (Phi) is 8.61. The molecule has 0 radical (unpaired) electrons. The van der Waals surface area contributed by atoms with Crippen molar-refractivity contribution in [2.75, 3.05) is 6.61 Å². The van der Waals surface area contributed by atoms with E-state index in [4.69, 9.17) is 4.74 Å². The molecule has 2 atom stereocenters. The van der Waals surface area contributed by atoms with Gasteiger partial charge in [0.2, 0.25) is 5.92 Å². The van der Waals surface area contributed by atoms with Crippen LogP contribution in [0, 0.1) is 24.5 Å². The minimum atomic E-state index is -2.94. The molecule has 0 amide bonds. The first kappa shape index (κ1) is 27.9. The van der Waals surface area contributed by atoms with Crippen molar-refractivity contribution in [3.05, 3.63) is 89.5 Å². The molecule has 10 heteroatoms. The highest BCUT2D eigenvalue weighted by Crippen LogP contribution is 2.47. The Bertz CT molecular complexity index is 1210. The molecular formula is C26H27BrF4N2O3. The third-order valence-corrected chi connectivity index (χ3v) is 6.69. The molecule has 0 aliphatic heterocycles. The van der Waals surface area contributed by atoms with E-state index in [1.54, 1.807) is 46.7 Å². The summed E-state index contributed by atoms with van der Waals surface area (Å²) in [7, 11) is 0. The minimum absolute atomic E-state index is 0. The van der Waals surface area contributed by atoms with Crippen molar-refractivity contribution in [1.82, 2.24) is 4.57 Å². The first-order valence-electron chi connectivity index (χ1n) is 11.4. The number of carbonyl (C=O) groups excluding carboxylic acids is 1. The summed E-state index contributed by atoms with van der Waals surface area (Å²) < 4.78 is 64.2. The lowest BCUT2D eigenvalue weighted by Gasteiger charge is -2.32. The fourth-order valence-corrected chi connectivity index (χ4v) is 4.66. The summed E-state index contributed by atoms with van der Waals surface area (Å²) in [6, 6.07) is 11.3. The van der Waals surface area contributed by atoms with Crippen molar-refractivity contribution in [2.24, 2.45) is 5.92 Å². The number of nitrogens with zero attached hydrogens (tertiary/aromatic N) is 2. The zero-order chi connectivity index (χ0) is 25.2. The molecule has 3 aromatic rings. The third kappa shape index (κ3) is 5.81. The largest absolute Gasteiger partial charge is 1.00 e. The van der Waals surface area contributed by atoms with E-state index in [-0.39, 0.29) is 54.2 Å². The molecule has 4 rings (SSSR count). The van der Waals surface area contributed by atoms with Crippen LogP contribution in [-0.4, -0.2) is 28.2 Å². The maximum atomic E-state index is 14.0. The van der Waals surface area contributed by atoms with Gasteiger partial charge in [-0.3, -0.25) is 0 Å². The number of esters is 1. The number of hydrogen-bond acceptors (Lipinski definition) is 3. The van der Waals surface area contributed by atoms with Crippen molar-refractivity contribution in [2.45, 2.75) is 50.8 Å². The van der Waals surface area contributed by atoms with Gasteiger partial charge in [-0.2, -0.15) is 0 Å². The molecule has 1 heterocycles. The predicted molar refractivity (Wildman–Crippen MR) is 118 cm³/mol. The summed E-state index contributed by atoms with van der Waals surface area (Å²) in [5.41, 5.74) is -1.76. The second-order valence-electron chi connectivity index (χ2n) is 8.97. The third-order valence-electron chi connectivity index (χ3n) is 6.69. The van der Waals surface area contributed by atoms with Crippen LogP contribution in [0.1, 0.15) is 36.2 Å². The first-order valence-corrected chi connectivity index (χ1v) is 11.4. The lowest BCUT2D eigenvalue weighted by atomic mass is 9.80. The highest BCUT2D eigenvalue weighted by molar-refractivity contribution is 5.81. The predicted octanol–water partition coefficient (Wildman–Crippen LogP) is 1.28. The number of rotatable bonds is 8. The second-order valence-corrected chi connectivity index (χ2v) is 8.97. The molecule has 1 aromatic heterocycles. The van der Waals surface area contributed by atoms with Crippen LogP contribution >= 0.6 is 0 Å². The van der Waals surface area contributed by atoms with E-state index in [1.165, 1.54) is 12.1 Å². The molecule has 1 aliphatic rings. The summed E-state index contributed by atoms with van der Waals surface area (Å²) in [6.45, 7) is 2.01. The number of imidazole rings is 1. The van der Waals surface area contributed by atoms with Gasteiger partial charge in [0, 0.05) is 31.2 Å². The standard InChI is InChI=1S/C26H27F4N2O3.BrH/c1-18-31(11-12-32(18)17-19-15-22(27)7-8-23(19)28)13-14-35-24(33)26(34,20-5-3-2-4-6-20)21-9-10-25(29,30)16-21;/h2-8,11-12,15,21,34H,9-10,13-14,16-17H2,1H3;1H/q+1;/p-1/t21-,26+;/m1./s1. The molecule has 1 N–H and O–H groups in total. The van der Waals surface area contributed by atoms with Crippen LogP contribution in [-0.2, 0) is 28.2 Å². The number of benzene rings is 2. The molecule has 36 heavy (non-hydrogen) atoms. The lowest BCUT2D eigenvalue weighted by molar-refractivity contribution is -0.694. The summed E-state index contributed by atoms with van der Waals surface area (Å²) in [5, 5.41) is 11.4. The van der Waals surface area contributed by atoms with Crippen LogP contribution in [0.2, 0.25) is 0 Å². The zero-order valence-electron chi connectivity index (χ0n) is 19.6. The van der Waals surface area contributed by atoms with Gasteiger partial charge in [-0.1, -0.05) is 30.3 Å². The quantitative estimate of drug-likeness (QED) is 0.252. The van der Waals surface area contributed by atoms with Crippen LogP contribution in [0.5, 0.6) is 0 Å². The van der Waals surface area contributed by atoms with Gasteiger partial charge in [-0.25, -0.2) is 31.5 Å². The summed E-state index contributed by atoms with van der Waals surface area (Å²) in [4.78, 5) is 13.0. The SMILES string of the molecule is Cc1n(CCOC(=O)[C@](O)(c2ccccc2)[C@@H]2CCC(F)(F)C2)cc[n+]1Cc1cc(F)ccc1F.[Br-]. The van der Waals surface area contributed by atoms with E-state index in [1.807, 2.05) is 0 Å². The normalized spacial score (nSPS) is 18.3. The Morgan fingerprint density at radius 2 is 1.94 bits per heavy atom. The average molecular weight is 571 g/mol. The summed E-state index contributed by atoms with van der Waals surface area (Å²) >= 11 is 0. The van der Waals surface area contributed by atoms with E-state index in [0.29, 0.717) is 5.82 Å². The van der Waals surface area contributed by atoms with Crippen LogP contribution < -0.4 is 21.5 Å². The van der Waals surface area contributed by atoms with E-state index in [2.05, 4.69) is 0 Å². The number of hydrogen-bond donors (Lipinski definition) is 1. The van der Waals surface area contributed by atoms with Crippen molar-refractivity contribution in [3.63, 3.8) is 0 Å². The molecule has 5 nitrogen and oxygen atoms in total. The maximum Gasteiger partial charge on any atom is 0.343 e. The van der Waals surface area contributed by atoms with Crippen molar-refractivity contribution in [1.29, 1.82) is 0 Å². The molecule has 0 saturated heterocycles. The van der Waals surface area contributed by atoms with Gasteiger partial charge >= 0.3 is 5.97 Å². The molecule has 1 saturated carbocycles.